The Bertz CT molecular complexity index is 645. The Morgan fingerprint density at radius 1 is 1.20 bits per heavy atom. The highest BCUT2D eigenvalue weighted by molar-refractivity contribution is 5.79. The molecule has 0 fully saturated rings. The van der Waals surface area contributed by atoms with Gasteiger partial charge < -0.3 is 15.5 Å². The second kappa shape index (κ2) is 5.04. The summed E-state index contributed by atoms with van der Waals surface area (Å²) in [7, 11) is 0. The van der Waals surface area contributed by atoms with Crippen LogP contribution in [0.15, 0.2) is 45.8 Å². The molecule has 3 rings (SSSR count). The minimum atomic E-state index is 0.0748. The lowest BCUT2D eigenvalue weighted by molar-refractivity contribution is 0.385. The fraction of sp³-hybridized carbons (Fsp3) is 0.312. The highest BCUT2D eigenvalue weighted by Gasteiger charge is 2.27. The number of benzene rings is 1. The summed E-state index contributed by atoms with van der Waals surface area (Å²) in [6.07, 6.45) is 0.846. The van der Waals surface area contributed by atoms with E-state index in [2.05, 4.69) is 29.4 Å². The van der Waals surface area contributed by atoms with Crippen LogP contribution in [0.3, 0.4) is 0 Å². The second-order valence-corrected chi connectivity index (χ2v) is 5.27. The Morgan fingerprint density at radius 2 is 2.00 bits per heavy atom. The lowest BCUT2D eigenvalue weighted by Crippen LogP contribution is -2.39. The van der Waals surface area contributed by atoms with Crippen LogP contribution < -0.4 is 11.1 Å². The normalized spacial score (nSPS) is 22.2. The number of guanidine groups is 1. The van der Waals surface area contributed by atoms with Gasteiger partial charge >= 0.3 is 0 Å². The largest absolute Gasteiger partial charge is 0.464 e. The zero-order valence-electron chi connectivity index (χ0n) is 11.8. The number of hydrogen-bond donors (Lipinski definition) is 2. The molecule has 2 heterocycles. The molecule has 0 spiro atoms. The third-order valence-corrected chi connectivity index (χ3v) is 3.73. The summed E-state index contributed by atoms with van der Waals surface area (Å²) >= 11 is 0. The molecule has 2 atom stereocenters. The van der Waals surface area contributed by atoms with Crippen LogP contribution in [0.25, 0.3) is 0 Å². The maximum absolute atomic E-state index is 5.94. The van der Waals surface area contributed by atoms with E-state index in [-0.39, 0.29) is 12.1 Å². The summed E-state index contributed by atoms with van der Waals surface area (Å²) in [5.41, 5.74) is 8.41. The lowest BCUT2D eigenvalue weighted by Gasteiger charge is -2.28. The molecule has 0 saturated heterocycles. The van der Waals surface area contributed by atoms with Gasteiger partial charge in [0.1, 0.15) is 11.5 Å². The van der Waals surface area contributed by atoms with Gasteiger partial charge in [-0.25, -0.2) is 4.99 Å². The molecule has 0 amide bonds. The van der Waals surface area contributed by atoms with Gasteiger partial charge in [0.05, 0.1) is 12.1 Å². The average Bonchev–Trinajstić information content (AvgIpc) is 2.85. The number of nitrogens with zero attached hydrogens (tertiary/aromatic N) is 1. The monoisotopic (exact) mass is 269 g/mol. The van der Waals surface area contributed by atoms with Crippen molar-refractivity contribution in [2.75, 3.05) is 0 Å². The highest BCUT2D eigenvalue weighted by Crippen LogP contribution is 2.34. The third-order valence-electron chi connectivity index (χ3n) is 3.73. The minimum Gasteiger partial charge on any atom is -0.464 e. The SMILES string of the molecule is Cc1ccc(C2CC(c3ccccc3C)N=C(N)N2)o1. The average molecular weight is 269 g/mol. The van der Waals surface area contributed by atoms with Gasteiger partial charge in [-0.1, -0.05) is 24.3 Å². The number of aliphatic imine (C=N–C) groups is 1. The third kappa shape index (κ3) is 2.41. The van der Waals surface area contributed by atoms with Crippen LogP contribution in [-0.4, -0.2) is 5.96 Å². The molecule has 1 aliphatic rings. The first-order valence-corrected chi connectivity index (χ1v) is 6.85. The summed E-state index contributed by atoms with van der Waals surface area (Å²) in [5, 5.41) is 3.20. The van der Waals surface area contributed by atoms with Crippen LogP contribution in [0, 0.1) is 13.8 Å². The van der Waals surface area contributed by atoms with Gasteiger partial charge in [0.15, 0.2) is 5.96 Å². The number of hydrogen-bond acceptors (Lipinski definition) is 4. The van der Waals surface area contributed by atoms with E-state index < -0.39 is 0 Å². The predicted molar refractivity (Wildman–Crippen MR) is 79.5 cm³/mol. The summed E-state index contributed by atoms with van der Waals surface area (Å²) in [4.78, 5) is 4.54. The van der Waals surface area contributed by atoms with Gasteiger partial charge in [0, 0.05) is 6.42 Å². The molecule has 0 bridgehead atoms. The van der Waals surface area contributed by atoms with E-state index in [0.29, 0.717) is 5.96 Å². The van der Waals surface area contributed by atoms with E-state index in [9.17, 15) is 0 Å². The van der Waals surface area contributed by atoms with E-state index in [4.69, 9.17) is 10.2 Å². The maximum Gasteiger partial charge on any atom is 0.189 e. The summed E-state index contributed by atoms with van der Waals surface area (Å²) < 4.78 is 5.71. The van der Waals surface area contributed by atoms with Crippen molar-refractivity contribution in [3.05, 3.63) is 59.0 Å². The van der Waals surface area contributed by atoms with E-state index in [1.807, 2.05) is 31.2 Å². The van der Waals surface area contributed by atoms with Gasteiger partial charge in [-0.05, 0) is 37.1 Å². The fourth-order valence-corrected chi connectivity index (χ4v) is 2.70. The first-order chi connectivity index (χ1) is 9.63. The van der Waals surface area contributed by atoms with Crippen LogP contribution in [0.5, 0.6) is 0 Å². The Kier molecular flexibility index (Phi) is 3.22. The first-order valence-electron chi connectivity index (χ1n) is 6.85. The molecule has 20 heavy (non-hydrogen) atoms. The summed E-state index contributed by atoms with van der Waals surface area (Å²) in [5.74, 6) is 2.30. The minimum absolute atomic E-state index is 0.0748. The molecule has 0 radical (unpaired) electrons. The Balaban J connectivity index is 1.90. The Morgan fingerprint density at radius 3 is 2.70 bits per heavy atom. The molecule has 1 aliphatic heterocycles. The molecule has 1 aromatic heterocycles. The number of nitrogens with two attached hydrogens (primary N) is 1. The second-order valence-electron chi connectivity index (χ2n) is 5.27. The standard InChI is InChI=1S/C16H19N3O/c1-10-5-3-4-6-12(10)13-9-14(19-16(17)18-13)15-8-7-11(2)20-15/h3-8,13-14H,9H2,1-2H3,(H3,17,18,19). The van der Waals surface area contributed by atoms with Crippen LogP contribution in [0.2, 0.25) is 0 Å². The molecule has 104 valence electrons. The van der Waals surface area contributed by atoms with Crippen LogP contribution in [0.4, 0.5) is 0 Å². The van der Waals surface area contributed by atoms with Crippen LogP contribution >= 0.6 is 0 Å². The zero-order valence-corrected chi connectivity index (χ0v) is 11.8. The molecule has 0 aliphatic carbocycles. The number of nitrogens with one attached hydrogen (secondary N) is 1. The van der Waals surface area contributed by atoms with Gasteiger partial charge in [0.2, 0.25) is 0 Å². The van der Waals surface area contributed by atoms with Crippen molar-refractivity contribution in [3.8, 4) is 0 Å². The van der Waals surface area contributed by atoms with Crippen molar-refractivity contribution in [2.45, 2.75) is 32.4 Å². The fourth-order valence-electron chi connectivity index (χ4n) is 2.70. The number of furan rings is 1. The van der Waals surface area contributed by atoms with Gasteiger partial charge in [-0.15, -0.1) is 0 Å². The molecule has 3 N–H and O–H groups in total. The molecule has 2 unspecified atom stereocenters. The van der Waals surface area contributed by atoms with E-state index in [1.54, 1.807) is 0 Å². The predicted octanol–water partition coefficient (Wildman–Crippen LogP) is 2.99. The maximum atomic E-state index is 5.94. The summed E-state index contributed by atoms with van der Waals surface area (Å²) in [6, 6.07) is 12.4. The summed E-state index contributed by atoms with van der Waals surface area (Å²) in [6.45, 7) is 4.05. The van der Waals surface area contributed by atoms with Crippen molar-refractivity contribution in [1.82, 2.24) is 5.32 Å². The molecule has 0 saturated carbocycles. The lowest BCUT2D eigenvalue weighted by atomic mass is 9.94. The molecule has 1 aromatic carbocycles. The molecule has 4 nitrogen and oxygen atoms in total. The molecule has 4 heteroatoms. The van der Waals surface area contributed by atoms with Crippen molar-refractivity contribution < 1.29 is 4.42 Å². The van der Waals surface area contributed by atoms with Gasteiger partial charge in [0.25, 0.3) is 0 Å². The quantitative estimate of drug-likeness (QED) is 0.881. The molecule has 2 aromatic rings. The van der Waals surface area contributed by atoms with Gasteiger partial charge in [-0.2, -0.15) is 0 Å². The van der Waals surface area contributed by atoms with E-state index in [0.717, 1.165) is 17.9 Å². The Labute approximate surface area is 118 Å². The topological polar surface area (TPSA) is 63.5 Å². The number of aryl methyl sites for hydroxylation is 2. The molecular formula is C16H19N3O. The van der Waals surface area contributed by atoms with Crippen molar-refractivity contribution in [1.29, 1.82) is 0 Å². The van der Waals surface area contributed by atoms with Crippen molar-refractivity contribution in [3.63, 3.8) is 0 Å². The highest BCUT2D eigenvalue weighted by atomic mass is 16.3. The van der Waals surface area contributed by atoms with Crippen molar-refractivity contribution >= 4 is 5.96 Å². The smallest absolute Gasteiger partial charge is 0.189 e. The van der Waals surface area contributed by atoms with Crippen LogP contribution in [-0.2, 0) is 0 Å². The Hall–Kier alpha value is -2.23. The zero-order chi connectivity index (χ0) is 14.1. The van der Waals surface area contributed by atoms with Gasteiger partial charge in [-0.3, -0.25) is 0 Å². The number of rotatable bonds is 2. The molecular weight excluding hydrogens is 250 g/mol. The first kappa shape index (κ1) is 12.8. The van der Waals surface area contributed by atoms with Crippen molar-refractivity contribution in [2.24, 2.45) is 10.7 Å². The van der Waals surface area contributed by atoms with Crippen LogP contribution in [0.1, 0.15) is 41.2 Å². The van der Waals surface area contributed by atoms with E-state index >= 15 is 0 Å². The van der Waals surface area contributed by atoms with E-state index in [1.165, 1.54) is 11.1 Å².